The summed E-state index contributed by atoms with van der Waals surface area (Å²) in [6, 6.07) is 6.94. The molecule has 15 heavy (non-hydrogen) atoms. The molecular weight excluding hydrogens is 192 g/mol. The Balaban J connectivity index is 3.11. The Bertz CT molecular complexity index is 367. The Morgan fingerprint density at radius 1 is 1.33 bits per heavy atom. The van der Waals surface area contributed by atoms with Crippen LogP contribution in [0.15, 0.2) is 29.4 Å². The average molecular weight is 208 g/mol. The van der Waals surface area contributed by atoms with Gasteiger partial charge in [0.05, 0.1) is 33.6 Å². The highest BCUT2D eigenvalue weighted by molar-refractivity contribution is 5.91. The number of hydrogen-bond acceptors (Lipinski definition) is 3. The van der Waals surface area contributed by atoms with Crippen LogP contribution in [0, 0.1) is 0 Å². The maximum Gasteiger partial charge on any atom is 0.0923 e. The molecule has 0 saturated heterocycles. The van der Waals surface area contributed by atoms with E-state index < -0.39 is 0 Å². The first-order valence-electron chi connectivity index (χ1n) is 4.72. The van der Waals surface area contributed by atoms with Crippen molar-refractivity contribution >= 4 is 5.90 Å². The molecule has 0 aromatic heterocycles. The molecule has 4 nitrogen and oxygen atoms in total. The second-order valence-corrected chi connectivity index (χ2v) is 4.16. The van der Waals surface area contributed by atoms with Crippen molar-refractivity contribution in [2.45, 2.75) is 6.61 Å². The van der Waals surface area contributed by atoms with Crippen molar-refractivity contribution in [1.29, 1.82) is 0 Å². The monoisotopic (exact) mass is 208 g/mol. The minimum Gasteiger partial charge on any atom is -0.855 e. The Hall–Kier alpha value is -1.39. The summed E-state index contributed by atoms with van der Waals surface area (Å²) in [6.45, 7) is -0.144. The Morgan fingerprint density at radius 3 is 2.47 bits per heavy atom. The van der Waals surface area contributed by atoms with Gasteiger partial charge in [-0.3, -0.25) is 0 Å². The lowest BCUT2D eigenvalue weighted by Crippen LogP contribution is -2.33. The van der Waals surface area contributed by atoms with Gasteiger partial charge in [-0.2, -0.15) is 0 Å². The van der Waals surface area contributed by atoms with Gasteiger partial charge in [0.1, 0.15) is 0 Å². The van der Waals surface area contributed by atoms with Gasteiger partial charge in [-0.15, -0.1) is 0 Å². The molecule has 1 aromatic carbocycles. The zero-order valence-electron chi connectivity index (χ0n) is 9.27. The SMILES string of the molecule is C[N+](C)(C)/N=C(\[O-])c1ccccc1CO. The van der Waals surface area contributed by atoms with Gasteiger partial charge in [-0.05, 0) is 11.1 Å². The fourth-order valence-corrected chi connectivity index (χ4v) is 1.19. The highest BCUT2D eigenvalue weighted by atomic mass is 16.3. The molecule has 0 unspecified atom stereocenters. The highest BCUT2D eigenvalue weighted by Crippen LogP contribution is 2.09. The number of aliphatic hydroxyl groups is 1. The fourth-order valence-electron chi connectivity index (χ4n) is 1.19. The molecule has 1 aromatic rings. The number of aliphatic hydroxyl groups excluding tert-OH is 1. The first kappa shape index (κ1) is 11.7. The molecule has 0 spiro atoms. The van der Waals surface area contributed by atoms with Gasteiger partial charge in [0.2, 0.25) is 0 Å². The molecular formula is C11H16N2O2. The molecule has 0 saturated carbocycles. The largest absolute Gasteiger partial charge is 0.855 e. The summed E-state index contributed by atoms with van der Waals surface area (Å²) in [5.74, 6) is -0.299. The lowest BCUT2D eigenvalue weighted by Gasteiger charge is -2.21. The van der Waals surface area contributed by atoms with E-state index >= 15 is 0 Å². The van der Waals surface area contributed by atoms with Gasteiger partial charge >= 0.3 is 0 Å². The second kappa shape index (κ2) is 4.42. The molecule has 0 heterocycles. The third kappa shape index (κ3) is 3.34. The summed E-state index contributed by atoms with van der Waals surface area (Å²) in [4.78, 5) is 0. The van der Waals surface area contributed by atoms with Gasteiger partial charge in [0.25, 0.3) is 0 Å². The predicted molar refractivity (Wildman–Crippen MR) is 56.9 cm³/mol. The fraction of sp³-hybridized carbons (Fsp3) is 0.364. The minimum absolute atomic E-state index is 0.144. The van der Waals surface area contributed by atoms with Crippen molar-refractivity contribution in [2.75, 3.05) is 21.1 Å². The minimum atomic E-state index is -0.299. The van der Waals surface area contributed by atoms with Gasteiger partial charge in [-0.25, -0.2) is 4.59 Å². The summed E-state index contributed by atoms with van der Waals surface area (Å²) in [5, 5.41) is 24.8. The van der Waals surface area contributed by atoms with E-state index in [2.05, 4.69) is 5.10 Å². The maximum atomic E-state index is 11.7. The van der Waals surface area contributed by atoms with Crippen LogP contribution in [0.2, 0.25) is 0 Å². The Morgan fingerprint density at radius 2 is 1.93 bits per heavy atom. The van der Waals surface area contributed by atoms with Crippen LogP contribution in [0.5, 0.6) is 0 Å². The van der Waals surface area contributed by atoms with E-state index in [0.29, 0.717) is 11.1 Å². The van der Waals surface area contributed by atoms with Crippen LogP contribution in [-0.4, -0.2) is 36.7 Å². The summed E-state index contributed by atoms with van der Waals surface area (Å²) in [5.41, 5.74) is 1.08. The van der Waals surface area contributed by atoms with Crippen molar-refractivity contribution in [2.24, 2.45) is 5.10 Å². The van der Waals surface area contributed by atoms with Crippen LogP contribution in [0.3, 0.4) is 0 Å². The third-order valence-electron chi connectivity index (χ3n) is 1.81. The van der Waals surface area contributed by atoms with E-state index in [9.17, 15) is 5.11 Å². The van der Waals surface area contributed by atoms with Gasteiger partial charge in [0, 0.05) is 0 Å². The van der Waals surface area contributed by atoms with Crippen LogP contribution in [0.1, 0.15) is 11.1 Å². The van der Waals surface area contributed by atoms with Crippen LogP contribution in [-0.2, 0) is 6.61 Å². The zero-order chi connectivity index (χ0) is 11.5. The van der Waals surface area contributed by atoms with E-state index in [-0.39, 0.29) is 17.1 Å². The molecule has 0 radical (unpaired) electrons. The van der Waals surface area contributed by atoms with Crippen molar-refractivity contribution in [3.05, 3.63) is 35.4 Å². The van der Waals surface area contributed by atoms with E-state index in [0.717, 1.165) is 0 Å². The van der Waals surface area contributed by atoms with E-state index in [1.54, 1.807) is 45.4 Å². The molecule has 0 bridgehead atoms. The standard InChI is InChI=1S/C11H16N2O2/c1-13(2,3)12-11(15)10-7-5-4-6-9(10)8-14/h4-7,14H,8H2,1-3H3. The molecule has 0 aliphatic rings. The maximum absolute atomic E-state index is 11.7. The van der Waals surface area contributed by atoms with Crippen LogP contribution in [0.4, 0.5) is 0 Å². The van der Waals surface area contributed by atoms with Crippen molar-refractivity contribution in [1.82, 2.24) is 0 Å². The van der Waals surface area contributed by atoms with Crippen molar-refractivity contribution in [3.63, 3.8) is 0 Å². The molecule has 1 rings (SSSR count). The summed E-state index contributed by atoms with van der Waals surface area (Å²) < 4.78 is 0.221. The molecule has 0 aliphatic carbocycles. The van der Waals surface area contributed by atoms with E-state index in [4.69, 9.17) is 5.11 Å². The van der Waals surface area contributed by atoms with E-state index in [1.807, 2.05) is 0 Å². The second-order valence-electron chi connectivity index (χ2n) is 4.16. The number of hydrogen-bond donors (Lipinski definition) is 1. The summed E-state index contributed by atoms with van der Waals surface area (Å²) in [6.07, 6.45) is 0. The van der Waals surface area contributed by atoms with Gasteiger partial charge < -0.3 is 10.2 Å². The molecule has 4 heteroatoms. The highest BCUT2D eigenvalue weighted by Gasteiger charge is 2.06. The summed E-state index contributed by atoms with van der Waals surface area (Å²) in [7, 11) is 5.42. The zero-order valence-corrected chi connectivity index (χ0v) is 9.27. The number of quaternary nitrogens is 1. The van der Waals surface area contributed by atoms with Crippen LogP contribution >= 0.6 is 0 Å². The molecule has 0 aliphatic heterocycles. The Kier molecular flexibility index (Phi) is 3.44. The van der Waals surface area contributed by atoms with Gasteiger partial charge in [-0.1, -0.05) is 29.4 Å². The van der Waals surface area contributed by atoms with Crippen LogP contribution < -0.4 is 5.11 Å². The van der Waals surface area contributed by atoms with Crippen LogP contribution in [0.25, 0.3) is 0 Å². The Labute approximate surface area is 89.7 Å². The first-order chi connectivity index (χ1) is 6.94. The molecule has 1 N–H and O–H groups in total. The van der Waals surface area contributed by atoms with E-state index in [1.165, 1.54) is 0 Å². The third-order valence-corrected chi connectivity index (χ3v) is 1.81. The normalized spacial score (nSPS) is 12.9. The number of nitrogens with zero attached hydrogens (tertiary/aromatic N) is 2. The average Bonchev–Trinajstić information content (AvgIpc) is 2.15. The lowest BCUT2D eigenvalue weighted by atomic mass is 10.1. The van der Waals surface area contributed by atoms with Crippen molar-refractivity contribution in [3.8, 4) is 0 Å². The summed E-state index contributed by atoms with van der Waals surface area (Å²) >= 11 is 0. The molecule has 82 valence electrons. The quantitative estimate of drug-likeness (QED) is 0.326. The number of rotatable bonds is 3. The molecule has 0 amide bonds. The predicted octanol–water partition coefficient (Wildman–Crippen LogP) is -0.0930. The smallest absolute Gasteiger partial charge is 0.0923 e. The number of benzene rings is 1. The molecule has 0 atom stereocenters. The molecule has 0 fully saturated rings. The lowest BCUT2D eigenvalue weighted by molar-refractivity contribution is -0.878. The topological polar surface area (TPSA) is 55.7 Å². The first-order valence-corrected chi connectivity index (χ1v) is 4.72. The van der Waals surface area contributed by atoms with Crippen molar-refractivity contribution < 1.29 is 14.8 Å². The van der Waals surface area contributed by atoms with Gasteiger partial charge in [0.15, 0.2) is 0 Å².